The molecule has 34 heavy (non-hydrogen) atoms. The minimum absolute atomic E-state index is 0.0923. The average Bonchev–Trinajstić information content (AvgIpc) is 3.22. The Labute approximate surface area is 201 Å². The molecule has 0 aliphatic heterocycles. The van der Waals surface area contributed by atoms with E-state index in [1.54, 1.807) is 0 Å². The van der Waals surface area contributed by atoms with E-state index < -0.39 is 28.0 Å². The Hall–Kier alpha value is -3.25. The summed E-state index contributed by atoms with van der Waals surface area (Å²) in [6, 6.07) is 17.4. The van der Waals surface area contributed by atoms with E-state index in [4.69, 9.17) is 4.52 Å². The number of benzene rings is 2. The first-order valence-corrected chi connectivity index (χ1v) is 12.0. The van der Waals surface area contributed by atoms with Crippen LogP contribution in [0.15, 0.2) is 59.1 Å². The van der Waals surface area contributed by atoms with Crippen LogP contribution in [0.1, 0.15) is 49.3 Å². The first-order chi connectivity index (χ1) is 16.2. The topological polar surface area (TPSA) is 97.8 Å². The van der Waals surface area contributed by atoms with Crippen LogP contribution in [0.25, 0.3) is 22.2 Å². The van der Waals surface area contributed by atoms with Crippen molar-refractivity contribution in [2.24, 2.45) is 0 Å². The second-order valence-electron chi connectivity index (χ2n) is 9.11. The van der Waals surface area contributed by atoms with Crippen LogP contribution in [-0.4, -0.2) is 19.4 Å². The van der Waals surface area contributed by atoms with Crippen LogP contribution in [0, 0.1) is 24.1 Å². The Morgan fingerprint density at radius 1 is 1.18 bits per heavy atom. The van der Waals surface area contributed by atoms with E-state index in [0.29, 0.717) is 11.3 Å². The molecular formula is C26H25FN4O2S. The third-order valence-electron chi connectivity index (χ3n) is 5.45. The number of rotatable bonds is 6. The van der Waals surface area contributed by atoms with Gasteiger partial charge in [-0.2, -0.15) is 5.26 Å². The molecule has 174 valence electrons. The molecule has 0 amide bonds. The molecule has 0 spiro atoms. The van der Waals surface area contributed by atoms with E-state index in [1.165, 1.54) is 12.1 Å². The van der Waals surface area contributed by atoms with E-state index in [9.17, 15) is 14.2 Å². The summed E-state index contributed by atoms with van der Waals surface area (Å²) < 4.78 is 36.0. The number of hydrogen-bond donors (Lipinski definition) is 1. The fraction of sp³-hybridized carbons (Fsp3) is 0.269. The van der Waals surface area contributed by atoms with Crippen molar-refractivity contribution < 1.29 is 13.5 Å². The van der Waals surface area contributed by atoms with Crippen molar-refractivity contribution in [3.63, 3.8) is 0 Å². The SMILES string of the molecule is Cc1ccc2c(-c3ccccc3[C@H](Cc3nc(C#N)ccc3F)N[S+]([O-])C(C)(C)C)noc2c1. The van der Waals surface area contributed by atoms with Gasteiger partial charge in [-0.15, -0.1) is 4.72 Å². The van der Waals surface area contributed by atoms with Gasteiger partial charge in [0.15, 0.2) is 5.58 Å². The zero-order valence-corrected chi connectivity index (χ0v) is 20.2. The van der Waals surface area contributed by atoms with Crippen LogP contribution in [-0.2, 0) is 17.8 Å². The van der Waals surface area contributed by atoms with Gasteiger partial charge in [0.05, 0.1) is 11.7 Å². The molecular weight excluding hydrogens is 451 g/mol. The molecule has 0 radical (unpaired) electrons. The number of nitrogens with one attached hydrogen (secondary N) is 1. The summed E-state index contributed by atoms with van der Waals surface area (Å²) in [5.41, 5.74) is 4.18. The molecule has 1 unspecified atom stereocenters. The number of aryl methyl sites for hydroxylation is 1. The number of aromatic nitrogens is 2. The van der Waals surface area contributed by atoms with Crippen molar-refractivity contribution in [3.8, 4) is 17.3 Å². The van der Waals surface area contributed by atoms with Gasteiger partial charge in [0.2, 0.25) is 0 Å². The predicted octanol–water partition coefficient (Wildman–Crippen LogP) is 5.54. The van der Waals surface area contributed by atoms with Crippen molar-refractivity contribution in [1.29, 1.82) is 5.26 Å². The van der Waals surface area contributed by atoms with Crippen LogP contribution in [0.4, 0.5) is 4.39 Å². The highest BCUT2D eigenvalue weighted by molar-refractivity contribution is 7.90. The first-order valence-electron chi connectivity index (χ1n) is 10.9. The van der Waals surface area contributed by atoms with E-state index in [0.717, 1.165) is 22.1 Å². The second-order valence-corrected chi connectivity index (χ2v) is 11.1. The summed E-state index contributed by atoms with van der Waals surface area (Å²) in [7, 11) is 0. The Morgan fingerprint density at radius 2 is 1.94 bits per heavy atom. The van der Waals surface area contributed by atoms with Crippen molar-refractivity contribution in [2.45, 2.75) is 44.9 Å². The van der Waals surface area contributed by atoms with Gasteiger partial charge < -0.3 is 9.08 Å². The van der Waals surface area contributed by atoms with Crippen LogP contribution >= 0.6 is 0 Å². The Kier molecular flexibility index (Phi) is 6.71. The molecule has 4 rings (SSSR count). The lowest BCUT2D eigenvalue weighted by atomic mass is 9.94. The minimum atomic E-state index is -1.45. The fourth-order valence-electron chi connectivity index (χ4n) is 3.66. The van der Waals surface area contributed by atoms with Gasteiger partial charge in [0.1, 0.15) is 28.0 Å². The maximum atomic E-state index is 14.7. The molecule has 1 N–H and O–H groups in total. The summed E-state index contributed by atoms with van der Waals surface area (Å²) in [5, 5.41) is 14.4. The number of halogens is 1. The van der Waals surface area contributed by atoms with Gasteiger partial charge in [-0.05, 0) is 63.1 Å². The molecule has 2 atom stereocenters. The van der Waals surface area contributed by atoms with E-state index in [-0.39, 0.29) is 17.8 Å². The lowest BCUT2D eigenvalue weighted by Crippen LogP contribution is -2.42. The lowest BCUT2D eigenvalue weighted by Gasteiger charge is -2.29. The highest BCUT2D eigenvalue weighted by Gasteiger charge is 2.32. The van der Waals surface area contributed by atoms with Gasteiger partial charge in [0, 0.05) is 28.7 Å². The summed E-state index contributed by atoms with van der Waals surface area (Å²) in [6.45, 7) is 7.57. The predicted molar refractivity (Wildman–Crippen MR) is 131 cm³/mol. The minimum Gasteiger partial charge on any atom is -0.598 e. The van der Waals surface area contributed by atoms with Gasteiger partial charge in [-0.1, -0.05) is 35.5 Å². The number of nitrogens with zero attached hydrogens (tertiary/aromatic N) is 3. The van der Waals surface area contributed by atoms with Crippen LogP contribution in [0.5, 0.6) is 0 Å². The molecule has 4 aromatic rings. The maximum Gasteiger partial charge on any atom is 0.167 e. The average molecular weight is 477 g/mol. The second kappa shape index (κ2) is 9.55. The van der Waals surface area contributed by atoms with E-state index in [1.807, 2.05) is 76.2 Å². The molecule has 0 fully saturated rings. The molecule has 8 heteroatoms. The number of pyridine rings is 1. The highest BCUT2D eigenvalue weighted by atomic mass is 32.2. The van der Waals surface area contributed by atoms with Crippen molar-refractivity contribution in [2.75, 3.05) is 0 Å². The third-order valence-corrected chi connectivity index (χ3v) is 7.07. The number of nitriles is 1. The van der Waals surface area contributed by atoms with Crippen molar-refractivity contribution in [3.05, 3.63) is 82.9 Å². The lowest BCUT2D eigenvalue weighted by molar-refractivity contribution is 0.459. The summed E-state index contributed by atoms with van der Waals surface area (Å²) in [4.78, 5) is 4.17. The summed E-state index contributed by atoms with van der Waals surface area (Å²) in [5.74, 6) is -0.521. The number of fused-ring (bicyclic) bond motifs is 1. The van der Waals surface area contributed by atoms with Crippen LogP contribution in [0.2, 0.25) is 0 Å². The van der Waals surface area contributed by atoms with Crippen LogP contribution < -0.4 is 4.72 Å². The molecule has 0 bridgehead atoms. The summed E-state index contributed by atoms with van der Waals surface area (Å²) >= 11 is -1.45. The molecule has 2 aromatic carbocycles. The van der Waals surface area contributed by atoms with Crippen molar-refractivity contribution in [1.82, 2.24) is 14.9 Å². The van der Waals surface area contributed by atoms with Crippen molar-refractivity contribution >= 4 is 22.3 Å². The standard InChI is InChI=1S/C26H25FN4O2S/c1-16-9-11-20-24(13-16)33-30-25(20)19-8-6-5-7-18(19)22(31-34(32)26(2,3)4)14-23-21(27)12-10-17(15-28)29-23/h5-13,22,31H,14H2,1-4H3/t22-,34?/m0/s1. The first kappa shape index (κ1) is 23.9. The zero-order chi connectivity index (χ0) is 24.5. The Bertz CT molecular complexity index is 1370. The number of hydrogen-bond acceptors (Lipinski definition) is 6. The Balaban J connectivity index is 1.83. The maximum absolute atomic E-state index is 14.7. The summed E-state index contributed by atoms with van der Waals surface area (Å²) in [6.07, 6.45) is 0.0923. The molecule has 2 heterocycles. The monoisotopic (exact) mass is 476 g/mol. The normalized spacial score (nSPS) is 13.6. The van der Waals surface area contributed by atoms with Crippen LogP contribution in [0.3, 0.4) is 0 Å². The largest absolute Gasteiger partial charge is 0.598 e. The van der Waals surface area contributed by atoms with E-state index >= 15 is 0 Å². The fourth-order valence-corrected chi connectivity index (χ4v) is 4.48. The Morgan fingerprint density at radius 3 is 2.68 bits per heavy atom. The van der Waals surface area contributed by atoms with Gasteiger partial charge in [-0.3, -0.25) is 0 Å². The van der Waals surface area contributed by atoms with Gasteiger partial charge >= 0.3 is 0 Å². The van der Waals surface area contributed by atoms with Gasteiger partial charge in [-0.25, -0.2) is 9.37 Å². The highest BCUT2D eigenvalue weighted by Crippen LogP contribution is 2.35. The third kappa shape index (κ3) is 4.97. The molecule has 0 aliphatic carbocycles. The molecule has 0 aliphatic rings. The van der Waals surface area contributed by atoms with Gasteiger partial charge in [0.25, 0.3) is 0 Å². The molecule has 6 nitrogen and oxygen atoms in total. The molecule has 0 saturated heterocycles. The van der Waals surface area contributed by atoms with E-state index in [2.05, 4.69) is 14.9 Å². The molecule has 2 aromatic heterocycles. The zero-order valence-electron chi connectivity index (χ0n) is 19.4. The smallest absolute Gasteiger partial charge is 0.167 e. The quantitative estimate of drug-likeness (QED) is 0.367. The molecule has 0 saturated carbocycles.